The van der Waals surface area contributed by atoms with Crippen molar-refractivity contribution in [1.82, 2.24) is 30.3 Å². The predicted octanol–water partition coefficient (Wildman–Crippen LogP) is 4.00. The van der Waals surface area contributed by atoms with Crippen molar-refractivity contribution in [2.75, 3.05) is 13.6 Å². The van der Waals surface area contributed by atoms with Gasteiger partial charge >= 0.3 is 6.09 Å². The van der Waals surface area contributed by atoms with Crippen LogP contribution < -0.4 is 10.6 Å². The molecular formula is C23H44IN7O2. The summed E-state index contributed by atoms with van der Waals surface area (Å²) in [7, 11) is 4.01. The highest BCUT2D eigenvalue weighted by Crippen LogP contribution is 2.18. The zero-order valence-corrected chi connectivity index (χ0v) is 24.0. The number of carbonyl (C=O) groups is 1. The normalized spacial score (nSPS) is 15.8. The number of guanidine groups is 1. The zero-order chi connectivity index (χ0) is 23.9. The van der Waals surface area contributed by atoms with Gasteiger partial charge in [-0.1, -0.05) is 26.7 Å². The Morgan fingerprint density at radius 1 is 1.27 bits per heavy atom. The van der Waals surface area contributed by atoms with E-state index in [-0.39, 0.29) is 36.1 Å². The zero-order valence-electron chi connectivity index (χ0n) is 21.6. The lowest BCUT2D eigenvalue weighted by atomic mass is 10.0. The van der Waals surface area contributed by atoms with Gasteiger partial charge in [-0.2, -0.15) is 0 Å². The Morgan fingerprint density at radius 2 is 1.91 bits per heavy atom. The number of amides is 1. The molecule has 0 bridgehead atoms. The number of halogens is 1. The second-order valence-electron chi connectivity index (χ2n) is 10.2. The lowest BCUT2D eigenvalue weighted by Gasteiger charge is -2.29. The van der Waals surface area contributed by atoms with E-state index in [4.69, 9.17) is 9.73 Å². The average Bonchev–Trinajstić information content (AvgIpc) is 3.31. The second kappa shape index (κ2) is 13.3. The van der Waals surface area contributed by atoms with Gasteiger partial charge < -0.3 is 24.8 Å². The van der Waals surface area contributed by atoms with Crippen molar-refractivity contribution in [2.24, 2.45) is 18.0 Å². The smallest absolute Gasteiger partial charge is 0.407 e. The van der Waals surface area contributed by atoms with E-state index >= 15 is 0 Å². The number of alkyl carbamates (subject to hydrolysis) is 1. The van der Waals surface area contributed by atoms with Crippen molar-refractivity contribution in [2.45, 2.75) is 97.9 Å². The second-order valence-corrected chi connectivity index (χ2v) is 10.2. The van der Waals surface area contributed by atoms with Crippen LogP contribution in [0.3, 0.4) is 0 Å². The Morgan fingerprint density at radius 3 is 2.42 bits per heavy atom. The molecule has 0 aliphatic heterocycles. The summed E-state index contributed by atoms with van der Waals surface area (Å²) < 4.78 is 7.42. The fourth-order valence-electron chi connectivity index (χ4n) is 3.73. The first kappa shape index (κ1) is 29.4. The predicted molar refractivity (Wildman–Crippen MR) is 143 cm³/mol. The monoisotopic (exact) mass is 577 g/mol. The average molecular weight is 578 g/mol. The number of hydrogen-bond donors (Lipinski definition) is 2. The summed E-state index contributed by atoms with van der Waals surface area (Å²) in [5, 5.41) is 15.0. The number of aromatic nitrogens is 3. The third kappa shape index (κ3) is 10.1. The van der Waals surface area contributed by atoms with E-state index < -0.39 is 5.60 Å². The fraction of sp³-hybridized carbons (Fsp3) is 0.826. The van der Waals surface area contributed by atoms with E-state index in [1.807, 2.05) is 46.4 Å². The third-order valence-electron chi connectivity index (χ3n) is 5.89. The lowest BCUT2D eigenvalue weighted by molar-refractivity contribution is 0.0486. The summed E-state index contributed by atoms with van der Waals surface area (Å²) in [6.07, 6.45) is 5.28. The first-order chi connectivity index (χ1) is 15.0. The van der Waals surface area contributed by atoms with Gasteiger partial charge in [0.25, 0.3) is 0 Å². The van der Waals surface area contributed by atoms with Crippen LogP contribution in [0, 0.1) is 12.8 Å². The molecule has 1 aliphatic rings. The summed E-state index contributed by atoms with van der Waals surface area (Å²) in [4.78, 5) is 19.3. The number of aryl methyl sites for hydroxylation is 1. The number of hydrogen-bond acceptors (Lipinski definition) is 5. The van der Waals surface area contributed by atoms with Gasteiger partial charge in [-0.15, -0.1) is 34.2 Å². The van der Waals surface area contributed by atoms with Crippen molar-refractivity contribution in [3.63, 3.8) is 0 Å². The molecule has 1 aromatic rings. The van der Waals surface area contributed by atoms with Gasteiger partial charge in [0, 0.05) is 32.7 Å². The SMILES string of the molecule is Cc1nnc(CN=C(NC2CCCC2)N(C)CCC(NC(=O)OC(C)(C)C)C(C)C)n1C.I. The summed E-state index contributed by atoms with van der Waals surface area (Å²) in [5.74, 6) is 2.88. The van der Waals surface area contributed by atoms with E-state index in [0.717, 1.165) is 30.6 Å². The summed E-state index contributed by atoms with van der Waals surface area (Å²) in [5.41, 5.74) is -0.508. The summed E-state index contributed by atoms with van der Waals surface area (Å²) in [6, 6.07) is 0.472. The standard InChI is InChI=1S/C23H43N7O2.HI/c1-16(2)19(26-22(31)32-23(4,5)6)13-14-29(7)21(25-18-11-9-10-12-18)24-15-20-28-27-17(3)30(20)8;/h16,18-19H,9-15H2,1-8H3,(H,24,25)(H,26,31);1H. The molecule has 1 atom stereocenters. The number of aliphatic imine (C=N–C) groups is 1. The number of nitrogens with one attached hydrogen (secondary N) is 2. The molecule has 0 aromatic carbocycles. The molecule has 2 rings (SSSR count). The topological polar surface area (TPSA) is 96.7 Å². The van der Waals surface area contributed by atoms with Crippen molar-refractivity contribution in [3.8, 4) is 0 Å². The van der Waals surface area contributed by atoms with Crippen LogP contribution in [0.5, 0.6) is 0 Å². The largest absolute Gasteiger partial charge is 0.444 e. The number of carbonyl (C=O) groups excluding carboxylic acids is 1. The van der Waals surface area contributed by atoms with Gasteiger partial charge in [0.15, 0.2) is 11.8 Å². The van der Waals surface area contributed by atoms with Gasteiger partial charge in [-0.05, 0) is 52.9 Å². The highest BCUT2D eigenvalue weighted by Gasteiger charge is 2.23. The molecule has 0 radical (unpaired) electrons. The van der Waals surface area contributed by atoms with E-state index in [2.05, 4.69) is 39.6 Å². The quantitative estimate of drug-likeness (QED) is 0.276. The van der Waals surface area contributed by atoms with Gasteiger partial charge in [0.1, 0.15) is 18.0 Å². The number of rotatable bonds is 8. The van der Waals surface area contributed by atoms with Crippen LogP contribution in [-0.4, -0.2) is 63.0 Å². The maximum absolute atomic E-state index is 12.3. The molecule has 1 unspecified atom stereocenters. The summed E-state index contributed by atoms with van der Waals surface area (Å²) in [6.45, 7) is 13.0. The maximum atomic E-state index is 12.3. The first-order valence-electron chi connectivity index (χ1n) is 11.8. The Bertz CT molecular complexity index is 767. The minimum atomic E-state index is -0.508. The van der Waals surface area contributed by atoms with Crippen molar-refractivity contribution in [3.05, 3.63) is 11.6 Å². The van der Waals surface area contributed by atoms with Gasteiger partial charge in [0.2, 0.25) is 0 Å². The number of ether oxygens (including phenoxy) is 1. The van der Waals surface area contributed by atoms with Gasteiger partial charge in [-0.25, -0.2) is 9.79 Å². The molecule has 0 spiro atoms. The van der Waals surface area contributed by atoms with Crippen LogP contribution in [0.15, 0.2) is 4.99 Å². The van der Waals surface area contributed by atoms with Crippen LogP contribution in [0.1, 0.15) is 78.4 Å². The molecule has 1 saturated carbocycles. The van der Waals surface area contributed by atoms with Crippen LogP contribution in [0.2, 0.25) is 0 Å². The Balaban J connectivity index is 0.00000544. The minimum absolute atomic E-state index is 0. The van der Waals surface area contributed by atoms with Crippen LogP contribution in [0.4, 0.5) is 4.79 Å². The fourth-order valence-corrected chi connectivity index (χ4v) is 3.73. The summed E-state index contributed by atoms with van der Waals surface area (Å²) >= 11 is 0. The van der Waals surface area contributed by atoms with Crippen LogP contribution in [-0.2, 0) is 18.3 Å². The highest BCUT2D eigenvalue weighted by molar-refractivity contribution is 14.0. The van der Waals surface area contributed by atoms with E-state index in [1.165, 1.54) is 25.7 Å². The lowest BCUT2D eigenvalue weighted by Crippen LogP contribution is -2.47. The minimum Gasteiger partial charge on any atom is -0.444 e. The van der Waals surface area contributed by atoms with Crippen molar-refractivity contribution in [1.29, 1.82) is 0 Å². The molecule has 1 heterocycles. The van der Waals surface area contributed by atoms with Crippen LogP contribution in [0.25, 0.3) is 0 Å². The Hall–Kier alpha value is -1.59. The van der Waals surface area contributed by atoms with Crippen molar-refractivity contribution >= 4 is 36.0 Å². The van der Waals surface area contributed by atoms with E-state index in [0.29, 0.717) is 18.5 Å². The molecule has 0 saturated heterocycles. The molecule has 1 amide bonds. The maximum Gasteiger partial charge on any atom is 0.407 e. The molecule has 9 nitrogen and oxygen atoms in total. The molecule has 1 fully saturated rings. The highest BCUT2D eigenvalue weighted by atomic mass is 127. The van der Waals surface area contributed by atoms with E-state index in [9.17, 15) is 4.79 Å². The third-order valence-corrected chi connectivity index (χ3v) is 5.89. The molecule has 1 aliphatic carbocycles. The van der Waals surface area contributed by atoms with Gasteiger partial charge in [-0.3, -0.25) is 0 Å². The number of nitrogens with zero attached hydrogens (tertiary/aromatic N) is 5. The first-order valence-corrected chi connectivity index (χ1v) is 11.8. The molecule has 190 valence electrons. The Labute approximate surface area is 216 Å². The Kier molecular flexibility index (Phi) is 11.9. The van der Waals surface area contributed by atoms with Crippen LogP contribution >= 0.6 is 24.0 Å². The van der Waals surface area contributed by atoms with E-state index in [1.54, 1.807) is 0 Å². The molecule has 33 heavy (non-hydrogen) atoms. The molecule has 2 N–H and O–H groups in total. The molecular weight excluding hydrogens is 533 g/mol. The van der Waals surface area contributed by atoms with Gasteiger partial charge in [0.05, 0.1) is 0 Å². The molecule has 10 heteroatoms. The molecule has 1 aromatic heterocycles. The van der Waals surface area contributed by atoms with Crippen molar-refractivity contribution < 1.29 is 9.53 Å².